The maximum Gasteiger partial charge on any atom is 0.246 e. The fraction of sp³-hybridized carbons (Fsp3) is 0.786. The van der Waals surface area contributed by atoms with E-state index < -0.39 is 10.0 Å². The van der Waals surface area contributed by atoms with Crippen molar-refractivity contribution in [2.24, 2.45) is 18.9 Å². The minimum absolute atomic E-state index is 0.0113. The van der Waals surface area contributed by atoms with Crippen LogP contribution in [0.1, 0.15) is 45.2 Å². The summed E-state index contributed by atoms with van der Waals surface area (Å²) in [6.07, 6.45) is 4.21. The fourth-order valence-electron chi connectivity index (χ4n) is 3.31. The normalized spacial score (nSPS) is 23.7. The molecule has 0 bridgehead atoms. The van der Waals surface area contributed by atoms with Crippen LogP contribution in [-0.4, -0.2) is 24.2 Å². The number of anilines is 1. The molecule has 21 heavy (non-hydrogen) atoms. The summed E-state index contributed by atoms with van der Waals surface area (Å²) >= 11 is 0. The molecule has 0 saturated heterocycles. The van der Waals surface area contributed by atoms with E-state index in [1.54, 1.807) is 14.0 Å². The van der Waals surface area contributed by atoms with Crippen molar-refractivity contribution in [1.29, 1.82) is 0 Å². The minimum Gasteiger partial charge on any atom is -0.381 e. The minimum atomic E-state index is -3.63. The van der Waals surface area contributed by atoms with Crippen LogP contribution in [0.5, 0.6) is 0 Å². The molecule has 0 radical (unpaired) electrons. The summed E-state index contributed by atoms with van der Waals surface area (Å²) in [5.74, 6) is 0.913. The van der Waals surface area contributed by atoms with E-state index in [1.807, 2.05) is 0 Å². The zero-order chi connectivity index (χ0) is 15.8. The number of sulfonamides is 1. The Kier molecular flexibility index (Phi) is 4.63. The van der Waals surface area contributed by atoms with E-state index in [0.717, 1.165) is 19.3 Å². The molecule has 0 aromatic carbocycles. The zero-order valence-electron chi connectivity index (χ0n) is 13.3. The summed E-state index contributed by atoms with van der Waals surface area (Å²) in [6, 6.07) is -0.0113. The predicted molar refractivity (Wildman–Crippen MR) is 83.3 cm³/mol. The van der Waals surface area contributed by atoms with E-state index in [-0.39, 0.29) is 16.8 Å². The van der Waals surface area contributed by atoms with Crippen molar-refractivity contribution >= 4 is 15.8 Å². The summed E-state index contributed by atoms with van der Waals surface area (Å²) in [5.41, 5.74) is 6.34. The molecule has 1 saturated carbocycles. The number of nitrogen functional groups attached to an aromatic ring is 1. The Bertz CT molecular complexity index is 607. The van der Waals surface area contributed by atoms with Crippen LogP contribution in [0.25, 0.3) is 0 Å². The lowest BCUT2D eigenvalue weighted by Gasteiger charge is -2.34. The summed E-state index contributed by atoms with van der Waals surface area (Å²) < 4.78 is 29.7. The molecule has 1 aromatic rings. The van der Waals surface area contributed by atoms with Gasteiger partial charge in [-0.2, -0.15) is 5.10 Å². The standard InChI is InChI=1S/C14H26N4O2S/c1-9(2)11-7-5-6-8-12(11)17-21(19,20)13-10(3)18(4)16-14(13)15/h9,11-12,17H,5-8H2,1-4H3,(H2,15,16). The molecule has 1 heterocycles. The Balaban J connectivity index is 2.28. The van der Waals surface area contributed by atoms with Crippen LogP contribution in [-0.2, 0) is 17.1 Å². The van der Waals surface area contributed by atoms with Crippen LogP contribution in [0.2, 0.25) is 0 Å². The monoisotopic (exact) mass is 314 g/mol. The number of aryl methyl sites for hydroxylation is 1. The fourth-order valence-corrected chi connectivity index (χ4v) is 4.95. The molecule has 1 aliphatic carbocycles. The van der Waals surface area contributed by atoms with E-state index in [1.165, 1.54) is 11.1 Å². The molecule has 120 valence electrons. The van der Waals surface area contributed by atoms with Gasteiger partial charge in [0, 0.05) is 13.1 Å². The molecule has 2 unspecified atom stereocenters. The van der Waals surface area contributed by atoms with Gasteiger partial charge in [0.2, 0.25) is 10.0 Å². The topological polar surface area (TPSA) is 90.0 Å². The van der Waals surface area contributed by atoms with Crippen LogP contribution in [0.3, 0.4) is 0 Å². The molecule has 2 rings (SSSR count). The highest BCUT2D eigenvalue weighted by atomic mass is 32.2. The van der Waals surface area contributed by atoms with Gasteiger partial charge in [-0.1, -0.05) is 26.7 Å². The second-order valence-corrected chi connectivity index (χ2v) is 7.99. The van der Waals surface area contributed by atoms with Crippen molar-refractivity contribution in [2.45, 2.75) is 57.4 Å². The van der Waals surface area contributed by atoms with E-state index in [9.17, 15) is 8.42 Å². The van der Waals surface area contributed by atoms with Crippen molar-refractivity contribution in [3.05, 3.63) is 5.69 Å². The second kappa shape index (κ2) is 5.96. The van der Waals surface area contributed by atoms with E-state index in [2.05, 4.69) is 23.7 Å². The van der Waals surface area contributed by atoms with Gasteiger partial charge in [0.1, 0.15) is 4.90 Å². The van der Waals surface area contributed by atoms with E-state index in [4.69, 9.17) is 5.73 Å². The molecule has 0 aliphatic heterocycles. The van der Waals surface area contributed by atoms with Crippen molar-refractivity contribution in [3.8, 4) is 0 Å². The average Bonchev–Trinajstić information content (AvgIpc) is 2.63. The van der Waals surface area contributed by atoms with Crippen LogP contribution in [0, 0.1) is 18.8 Å². The Morgan fingerprint density at radius 1 is 1.33 bits per heavy atom. The van der Waals surface area contributed by atoms with E-state index in [0.29, 0.717) is 17.5 Å². The van der Waals surface area contributed by atoms with Gasteiger partial charge in [-0.05, 0) is 31.6 Å². The highest BCUT2D eigenvalue weighted by Crippen LogP contribution is 2.32. The van der Waals surface area contributed by atoms with Gasteiger partial charge in [0.15, 0.2) is 5.82 Å². The van der Waals surface area contributed by atoms with Crippen LogP contribution >= 0.6 is 0 Å². The molecule has 1 aliphatic rings. The van der Waals surface area contributed by atoms with Gasteiger partial charge in [0.05, 0.1) is 5.69 Å². The lowest BCUT2D eigenvalue weighted by atomic mass is 9.78. The number of hydrogen-bond acceptors (Lipinski definition) is 4. The predicted octanol–water partition coefficient (Wildman–Crippen LogP) is 1.80. The molecule has 7 heteroatoms. The quantitative estimate of drug-likeness (QED) is 0.886. The van der Waals surface area contributed by atoms with Crippen LogP contribution in [0.4, 0.5) is 5.82 Å². The Labute approximate surface area is 127 Å². The summed E-state index contributed by atoms with van der Waals surface area (Å²) in [5, 5.41) is 4.00. The third-order valence-electron chi connectivity index (χ3n) is 4.56. The average molecular weight is 314 g/mol. The summed E-state index contributed by atoms with van der Waals surface area (Å²) in [4.78, 5) is 0.123. The molecule has 2 atom stereocenters. The molecule has 0 amide bonds. The second-order valence-electron chi connectivity index (χ2n) is 6.34. The number of nitrogens with zero attached hydrogens (tertiary/aromatic N) is 2. The number of nitrogens with two attached hydrogens (primary N) is 1. The van der Waals surface area contributed by atoms with Gasteiger partial charge < -0.3 is 5.73 Å². The molecular weight excluding hydrogens is 288 g/mol. The first-order valence-corrected chi connectivity index (χ1v) is 9.03. The van der Waals surface area contributed by atoms with Crippen LogP contribution in [0.15, 0.2) is 4.90 Å². The van der Waals surface area contributed by atoms with Gasteiger partial charge >= 0.3 is 0 Å². The first kappa shape index (κ1) is 16.3. The van der Waals surface area contributed by atoms with Crippen molar-refractivity contribution < 1.29 is 8.42 Å². The molecule has 6 nitrogen and oxygen atoms in total. The SMILES string of the molecule is Cc1c(S(=O)(=O)NC2CCCCC2C(C)C)c(N)nn1C. The van der Waals surface area contributed by atoms with Gasteiger partial charge in [-0.3, -0.25) is 4.68 Å². The highest BCUT2D eigenvalue weighted by Gasteiger charge is 2.33. The number of aromatic nitrogens is 2. The third kappa shape index (κ3) is 3.23. The summed E-state index contributed by atoms with van der Waals surface area (Å²) in [6.45, 7) is 6.03. The summed E-state index contributed by atoms with van der Waals surface area (Å²) in [7, 11) is -1.93. The van der Waals surface area contributed by atoms with Gasteiger partial charge in [-0.25, -0.2) is 13.1 Å². The Hall–Kier alpha value is -1.08. The van der Waals surface area contributed by atoms with Crippen molar-refractivity contribution in [1.82, 2.24) is 14.5 Å². The van der Waals surface area contributed by atoms with Gasteiger partial charge in [0.25, 0.3) is 0 Å². The zero-order valence-corrected chi connectivity index (χ0v) is 14.1. The number of rotatable bonds is 4. The van der Waals surface area contributed by atoms with Gasteiger partial charge in [-0.15, -0.1) is 0 Å². The molecule has 3 N–H and O–H groups in total. The van der Waals surface area contributed by atoms with Crippen molar-refractivity contribution in [3.63, 3.8) is 0 Å². The first-order valence-electron chi connectivity index (χ1n) is 7.55. The molecule has 1 aromatic heterocycles. The molecular formula is C14H26N4O2S. The van der Waals surface area contributed by atoms with Crippen molar-refractivity contribution in [2.75, 3.05) is 5.73 Å². The lowest BCUT2D eigenvalue weighted by molar-refractivity contribution is 0.226. The number of hydrogen-bond donors (Lipinski definition) is 2. The Morgan fingerprint density at radius 3 is 2.48 bits per heavy atom. The highest BCUT2D eigenvalue weighted by molar-refractivity contribution is 7.89. The Morgan fingerprint density at radius 2 is 1.95 bits per heavy atom. The molecule has 1 fully saturated rings. The molecule has 0 spiro atoms. The third-order valence-corrected chi connectivity index (χ3v) is 6.21. The maximum atomic E-state index is 12.7. The first-order chi connectivity index (χ1) is 9.74. The number of nitrogens with one attached hydrogen (secondary N) is 1. The smallest absolute Gasteiger partial charge is 0.246 e. The maximum absolute atomic E-state index is 12.7. The largest absolute Gasteiger partial charge is 0.381 e. The lowest BCUT2D eigenvalue weighted by Crippen LogP contribution is -2.44. The van der Waals surface area contributed by atoms with E-state index >= 15 is 0 Å². The van der Waals surface area contributed by atoms with Crippen LogP contribution < -0.4 is 10.5 Å².